The minimum Gasteiger partial charge on any atom is -0.493 e. The van der Waals surface area contributed by atoms with Gasteiger partial charge in [-0.1, -0.05) is 17.7 Å². The molecule has 27 heavy (non-hydrogen) atoms. The molecule has 7 heteroatoms. The van der Waals surface area contributed by atoms with Crippen LogP contribution >= 0.6 is 11.6 Å². The predicted molar refractivity (Wildman–Crippen MR) is 104 cm³/mol. The number of benzene rings is 1. The Morgan fingerprint density at radius 1 is 1.26 bits per heavy atom. The summed E-state index contributed by atoms with van der Waals surface area (Å²) in [6, 6.07) is 7.68. The fourth-order valence-electron chi connectivity index (χ4n) is 3.97. The number of nitrogens with zero attached hydrogens (tertiary/aromatic N) is 3. The molecule has 1 fully saturated rings. The Kier molecular flexibility index (Phi) is 5.25. The van der Waals surface area contributed by atoms with E-state index in [9.17, 15) is 4.79 Å². The summed E-state index contributed by atoms with van der Waals surface area (Å²) >= 11 is 6.09. The van der Waals surface area contributed by atoms with Crippen LogP contribution < -0.4 is 10.1 Å². The predicted octanol–water partition coefficient (Wildman–Crippen LogP) is 3.88. The number of amides is 2. The molecule has 6 nitrogen and oxygen atoms in total. The topological polar surface area (TPSA) is 59.4 Å². The van der Waals surface area contributed by atoms with Crippen LogP contribution in [-0.4, -0.2) is 40.4 Å². The van der Waals surface area contributed by atoms with Crippen molar-refractivity contribution in [3.63, 3.8) is 0 Å². The van der Waals surface area contributed by atoms with Gasteiger partial charge in [0.05, 0.1) is 18.3 Å². The molecule has 3 heterocycles. The van der Waals surface area contributed by atoms with Crippen LogP contribution in [0.3, 0.4) is 0 Å². The quantitative estimate of drug-likeness (QED) is 0.849. The molecule has 2 amide bonds. The first-order chi connectivity index (χ1) is 13.1. The molecule has 1 aromatic carbocycles. The van der Waals surface area contributed by atoms with E-state index >= 15 is 0 Å². The lowest BCUT2D eigenvalue weighted by Gasteiger charge is -2.32. The summed E-state index contributed by atoms with van der Waals surface area (Å²) in [5, 5.41) is 8.37. The maximum Gasteiger partial charge on any atom is 0.317 e. The fourth-order valence-corrected chi connectivity index (χ4v) is 4.13. The molecule has 2 aromatic rings. The average molecular weight is 389 g/mol. The highest BCUT2D eigenvalue weighted by Crippen LogP contribution is 2.34. The number of rotatable bonds is 2. The number of hydrogen-bond donors (Lipinski definition) is 1. The fraction of sp³-hybridized carbons (Fsp3) is 0.500. The molecule has 0 radical (unpaired) electrons. The van der Waals surface area contributed by atoms with Gasteiger partial charge < -0.3 is 15.0 Å². The normalized spacial score (nSPS) is 20.5. The Balaban J connectivity index is 1.38. The molecule has 0 saturated carbocycles. The summed E-state index contributed by atoms with van der Waals surface area (Å²) in [5.74, 6) is 1.21. The number of carbonyl (C=O) groups is 1. The van der Waals surface area contributed by atoms with Crippen LogP contribution in [0.1, 0.15) is 48.9 Å². The van der Waals surface area contributed by atoms with Crippen LogP contribution in [0.25, 0.3) is 0 Å². The highest BCUT2D eigenvalue weighted by Gasteiger charge is 2.28. The molecule has 2 aliphatic rings. The van der Waals surface area contributed by atoms with Crippen molar-refractivity contribution in [1.29, 1.82) is 0 Å². The number of hydrogen-bond acceptors (Lipinski definition) is 3. The molecule has 1 unspecified atom stereocenters. The van der Waals surface area contributed by atoms with E-state index < -0.39 is 0 Å². The van der Waals surface area contributed by atoms with Gasteiger partial charge >= 0.3 is 6.03 Å². The number of halogens is 1. The van der Waals surface area contributed by atoms with Gasteiger partial charge in [0.1, 0.15) is 5.75 Å². The van der Waals surface area contributed by atoms with Gasteiger partial charge in [-0.15, -0.1) is 0 Å². The van der Waals surface area contributed by atoms with E-state index in [4.69, 9.17) is 16.3 Å². The Bertz CT molecular complexity index is 814. The number of nitrogens with one attached hydrogen (secondary N) is 1. The monoisotopic (exact) mass is 388 g/mol. The van der Waals surface area contributed by atoms with Crippen LogP contribution in [-0.2, 0) is 7.05 Å². The lowest BCUT2D eigenvalue weighted by molar-refractivity contribution is 0.176. The first-order valence-corrected chi connectivity index (χ1v) is 9.95. The van der Waals surface area contributed by atoms with Gasteiger partial charge in [-0.2, -0.15) is 5.10 Å². The molecule has 0 aliphatic carbocycles. The van der Waals surface area contributed by atoms with Gasteiger partial charge in [0.2, 0.25) is 0 Å². The van der Waals surface area contributed by atoms with Crippen molar-refractivity contribution in [2.45, 2.75) is 37.6 Å². The van der Waals surface area contributed by atoms with E-state index in [1.165, 1.54) is 0 Å². The van der Waals surface area contributed by atoms with Crippen molar-refractivity contribution in [3.05, 3.63) is 46.7 Å². The number of aryl methyl sites for hydroxylation is 1. The molecule has 0 bridgehead atoms. The Labute approximate surface area is 164 Å². The van der Waals surface area contributed by atoms with E-state index in [0.717, 1.165) is 55.8 Å². The van der Waals surface area contributed by atoms with Crippen LogP contribution in [0.15, 0.2) is 30.5 Å². The van der Waals surface area contributed by atoms with Crippen LogP contribution in [0.4, 0.5) is 4.79 Å². The molecule has 1 N–H and O–H groups in total. The lowest BCUT2D eigenvalue weighted by atomic mass is 9.94. The first-order valence-electron chi connectivity index (χ1n) is 9.57. The molecule has 2 aliphatic heterocycles. The smallest absolute Gasteiger partial charge is 0.317 e. The zero-order chi connectivity index (χ0) is 18.8. The standard InChI is InChI=1S/C20H25ClN4O2/c1-24-9-8-17(23-24)14-6-10-25(11-7-14)20(26)22-18-3-2-12-27-19-13-15(21)4-5-16(18)19/h4-5,8-9,13-14,18H,2-3,6-7,10-12H2,1H3,(H,22,26). The van der Waals surface area contributed by atoms with Crippen molar-refractivity contribution in [2.24, 2.45) is 7.05 Å². The second kappa shape index (κ2) is 7.80. The maximum absolute atomic E-state index is 12.8. The van der Waals surface area contributed by atoms with Gasteiger partial charge in [-0.05, 0) is 43.9 Å². The number of piperidine rings is 1. The Morgan fingerprint density at radius 2 is 2.07 bits per heavy atom. The Morgan fingerprint density at radius 3 is 2.81 bits per heavy atom. The van der Waals surface area contributed by atoms with E-state index in [1.54, 1.807) is 0 Å². The number of urea groups is 1. The van der Waals surface area contributed by atoms with Gasteiger partial charge in [-0.25, -0.2) is 4.79 Å². The summed E-state index contributed by atoms with van der Waals surface area (Å²) in [4.78, 5) is 14.7. The van der Waals surface area contributed by atoms with Crippen LogP contribution in [0.2, 0.25) is 5.02 Å². The number of ether oxygens (including phenoxy) is 1. The Hall–Kier alpha value is -2.21. The molecule has 4 rings (SSSR count). The largest absolute Gasteiger partial charge is 0.493 e. The summed E-state index contributed by atoms with van der Waals surface area (Å²) in [6.45, 7) is 2.16. The van der Waals surface area contributed by atoms with E-state index in [-0.39, 0.29) is 12.1 Å². The van der Waals surface area contributed by atoms with E-state index in [0.29, 0.717) is 17.5 Å². The summed E-state index contributed by atoms with van der Waals surface area (Å²) in [7, 11) is 1.94. The van der Waals surface area contributed by atoms with Crippen molar-refractivity contribution in [3.8, 4) is 5.75 Å². The SMILES string of the molecule is Cn1ccc(C2CCN(C(=O)NC3CCCOc4cc(Cl)ccc43)CC2)n1. The number of aromatic nitrogens is 2. The minimum atomic E-state index is -0.0409. The van der Waals surface area contributed by atoms with E-state index in [2.05, 4.69) is 16.5 Å². The molecular formula is C20H25ClN4O2. The van der Waals surface area contributed by atoms with Crippen molar-refractivity contribution >= 4 is 17.6 Å². The van der Waals surface area contributed by atoms with E-state index in [1.807, 2.05) is 41.0 Å². The van der Waals surface area contributed by atoms with Gasteiger partial charge in [-0.3, -0.25) is 4.68 Å². The van der Waals surface area contributed by atoms with Crippen molar-refractivity contribution in [2.75, 3.05) is 19.7 Å². The highest BCUT2D eigenvalue weighted by molar-refractivity contribution is 6.30. The van der Waals surface area contributed by atoms with Crippen molar-refractivity contribution in [1.82, 2.24) is 20.0 Å². The highest BCUT2D eigenvalue weighted by atomic mass is 35.5. The van der Waals surface area contributed by atoms with Gasteiger partial charge in [0, 0.05) is 42.8 Å². The van der Waals surface area contributed by atoms with Crippen molar-refractivity contribution < 1.29 is 9.53 Å². The van der Waals surface area contributed by atoms with Crippen LogP contribution in [0.5, 0.6) is 5.75 Å². The minimum absolute atomic E-state index is 0.00210. The third-order valence-corrected chi connectivity index (χ3v) is 5.71. The first kappa shape index (κ1) is 18.2. The summed E-state index contributed by atoms with van der Waals surface area (Å²) in [5.41, 5.74) is 2.14. The lowest BCUT2D eigenvalue weighted by Crippen LogP contribution is -2.45. The zero-order valence-corrected chi connectivity index (χ0v) is 16.3. The molecule has 1 saturated heterocycles. The molecule has 1 aromatic heterocycles. The summed E-state index contributed by atoms with van der Waals surface area (Å²) < 4.78 is 7.63. The van der Waals surface area contributed by atoms with Gasteiger partial charge in [0.25, 0.3) is 0 Å². The number of carbonyl (C=O) groups excluding carboxylic acids is 1. The maximum atomic E-state index is 12.8. The molecule has 0 spiro atoms. The third-order valence-electron chi connectivity index (χ3n) is 5.48. The van der Waals surface area contributed by atoms with Gasteiger partial charge in [0.15, 0.2) is 0 Å². The summed E-state index contributed by atoms with van der Waals surface area (Å²) in [6.07, 6.45) is 5.64. The zero-order valence-electron chi connectivity index (χ0n) is 15.5. The second-order valence-corrected chi connectivity index (χ2v) is 7.79. The molecule has 1 atom stereocenters. The third kappa shape index (κ3) is 4.05. The molecular weight excluding hydrogens is 364 g/mol. The van der Waals surface area contributed by atoms with Crippen LogP contribution in [0, 0.1) is 0 Å². The average Bonchev–Trinajstić information content (AvgIpc) is 3.01. The number of fused-ring (bicyclic) bond motifs is 1. The number of likely N-dealkylation sites (tertiary alicyclic amines) is 1. The molecule has 144 valence electrons. The second-order valence-electron chi connectivity index (χ2n) is 7.35.